The fraction of sp³-hybridized carbons (Fsp3) is 0.250. The molecule has 3 rings (SSSR count). The van der Waals surface area contributed by atoms with Crippen molar-refractivity contribution in [3.05, 3.63) is 53.9 Å². The molecule has 0 aliphatic rings. The zero-order valence-electron chi connectivity index (χ0n) is 18.7. The number of thiazole rings is 1. The maximum Gasteiger partial charge on any atom is 0.303 e. The van der Waals surface area contributed by atoms with Gasteiger partial charge < -0.3 is 20.5 Å². The third kappa shape index (κ3) is 7.32. The predicted molar refractivity (Wildman–Crippen MR) is 135 cm³/mol. The third-order valence-electron chi connectivity index (χ3n) is 4.75. The van der Waals surface area contributed by atoms with Crippen molar-refractivity contribution in [3.63, 3.8) is 0 Å². The van der Waals surface area contributed by atoms with E-state index >= 15 is 0 Å². The van der Waals surface area contributed by atoms with Gasteiger partial charge in [0.15, 0.2) is 5.13 Å². The number of aromatic nitrogens is 1. The summed E-state index contributed by atoms with van der Waals surface area (Å²) in [6.07, 6.45) is 0.275. The smallest absolute Gasteiger partial charge is 0.303 e. The molecule has 1 aromatic heterocycles. The average molecular weight is 500 g/mol. The molecule has 3 aromatic rings. The molecule has 3 N–H and O–H groups in total. The van der Waals surface area contributed by atoms with Gasteiger partial charge in [0.05, 0.1) is 24.5 Å². The topological polar surface area (TPSA) is 118 Å². The molecule has 0 bridgehead atoms. The Kier molecular flexibility index (Phi) is 9.06. The maximum absolute atomic E-state index is 12.9. The number of amides is 2. The lowest BCUT2D eigenvalue weighted by atomic mass is 10.2. The highest BCUT2D eigenvalue weighted by Gasteiger charge is 2.20. The lowest BCUT2D eigenvalue weighted by Gasteiger charge is -2.14. The number of nitrogens with one attached hydrogen (secondary N) is 2. The molecule has 1 atom stereocenters. The van der Waals surface area contributed by atoms with Crippen LogP contribution in [0.3, 0.4) is 0 Å². The lowest BCUT2D eigenvalue weighted by molar-refractivity contribution is -0.138. The highest BCUT2D eigenvalue weighted by molar-refractivity contribution is 8.00. The monoisotopic (exact) mass is 499 g/mol. The first-order chi connectivity index (χ1) is 16.4. The third-order valence-corrected chi connectivity index (χ3v) is 6.86. The molecule has 2 amide bonds. The van der Waals surface area contributed by atoms with Crippen molar-refractivity contribution >= 4 is 51.7 Å². The normalized spacial score (nSPS) is 11.5. The molecule has 10 heteroatoms. The molecule has 0 aliphatic carbocycles. The van der Waals surface area contributed by atoms with Crippen molar-refractivity contribution < 1.29 is 24.2 Å². The summed E-state index contributed by atoms with van der Waals surface area (Å²) >= 11 is 2.75. The fourth-order valence-corrected chi connectivity index (χ4v) is 4.72. The van der Waals surface area contributed by atoms with Gasteiger partial charge in [0, 0.05) is 27.9 Å². The Bertz CT molecular complexity index is 1150. The molecule has 1 heterocycles. The summed E-state index contributed by atoms with van der Waals surface area (Å²) in [6, 6.07) is 14.7. The second kappa shape index (κ2) is 12.2. The van der Waals surface area contributed by atoms with Crippen LogP contribution in [0.1, 0.15) is 26.2 Å². The number of hydrogen-bond acceptors (Lipinski definition) is 7. The first kappa shape index (κ1) is 25.3. The van der Waals surface area contributed by atoms with Crippen LogP contribution < -0.4 is 15.4 Å². The molecular weight excluding hydrogens is 474 g/mol. The lowest BCUT2D eigenvalue weighted by Crippen LogP contribution is -2.24. The van der Waals surface area contributed by atoms with Gasteiger partial charge in [-0.15, -0.1) is 23.1 Å². The summed E-state index contributed by atoms with van der Waals surface area (Å²) < 4.78 is 5.18. The molecule has 1 unspecified atom stereocenters. The summed E-state index contributed by atoms with van der Waals surface area (Å²) in [5, 5.41) is 16.4. The average Bonchev–Trinajstić information content (AvgIpc) is 3.30. The Morgan fingerprint density at radius 3 is 2.56 bits per heavy atom. The SMILES string of the molecule is CCC(Sc1cccc(NC(=O)CCC(=O)O)c1)C(=O)Nc1nc(-c2ccc(OC)cc2)cs1. The van der Waals surface area contributed by atoms with Gasteiger partial charge in [0.2, 0.25) is 11.8 Å². The van der Waals surface area contributed by atoms with Crippen LogP contribution in [-0.4, -0.2) is 40.2 Å². The van der Waals surface area contributed by atoms with Crippen molar-refractivity contribution in [2.45, 2.75) is 36.3 Å². The van der Waals surface area contributed by atoms with Crippen molar-refractivity contribution in [1.29, 1.82) is 0 Å². The van der Waals surface area contributed by atoms with E-state index in [1.54, 1.807) is 25.3 Å². The quantitative estimate of drug-likeness (QED) is 0.313. The number of carbonyl (C=O) groups excluding carboxylic acids is 2. The molecule has 0 radical (unpaired) electrons. The van der Waals surface area contributed by atoms with Gasteiger partial charge in [-0.1, -0.05) is 13.0 Å². The van der Waals surface area contributed by atoms with E-state index in [0.29, 0.717) is 17.2 Å². The van der Waals surface area contributed by atoms with E-state index in [1.165, 1.54) is 23.1 Å². The standard InChI is InChI=1S/C24H25N3O5S2/c1-3-20(34-18-6-4-5-16(13-18)25-21(28)11-12-22(29)30)23(31)27-24-26-19(14-33-24)15-7-9-17(32-2)10-8-15/h4-10,13-14,20H,3,11-12H2,1-2H3,(H,25,28)(H,29,30)(H,26,27,31). The number of carbonyl (C=O) groups is 3. The molecule has 0 fully saturated rings. The number of methoxy groups -OCH3 is 1. The van der Waals surface area contributed by atoms with Crippen LogP contribution in [0, 0.1) is 0 Å². The van der Waals surface area contributed by atoms with Crippen LogP contribution in [-0.2, 0) is 14.4 Å². The highest BCUT2D eigenvalue weighted by atomic mass is 32.2. The molecule has 2 aromatic carbocycles. The summed E-state index contributed by atoms with van der Waals surface area (Å²) in [7, 11) is 1.61. The molecule has 0 aliphatic heterocycles. The molecular formula is C24H25N3O5S2. The number of benzene rings is 2. The number of thioether (sulfide) groups is 1. The maximum atomic E-state index is 12.9. The van der Waals surface area contributed by atoms with Crippen LogP contribution in [0.4, 0.5) is 10.8 Å². The minimum atomic E-state index is -1.02. The van der Waals surface area contributed by atoms with E-state index in [9.17, 15) is 14.4 Å². The number of anilines is 2. The van der Waals surface area contributed by atoms with Gasteiger partial charge in [0.25, 0.3) is 0 Å². The van der Waals surface area contributed by atoms with E-state index in [2.05, 4.69) is 15.6 Å². The van der Waals surface area contributed by atoms with Gasteiger partial charge in [-0.2, -0.15) is 0 Å². The van der Waals surface area contributed by atoms with Crippen LogP contribution in [0.5, 0.6) is 5.75 Å². The number of nitrogens with zero attached hydrogens (tertiary/aromatic N) is 1. The van der Waals surface area contributed by atoms with Crippen molar-refractivity contribution in [1.82, 2.24) is 4.98 Å². The van der Waals surface area contributed by atoms with E-state index in [-0.39, 0.29) is 29.9 Å². The van der Waals surface area contributed by atoms with Gasteiger partial charge in [0.1, 0.15) is 5.75 Å². The minimum Gasteiger partial charge on any atom is -0.497 e. The number of rotatable bonds is 11. The van der Waals surface area contributed by atoms with E-state index in [1.807, 2.05) is 42.6 Å². The van der Waals surface area contributed by atoms with E-state index in [4.69, 9.17) is 9.84 Å². The highest BCUT2D eigenvalue weighted by Crippen LogP contribution is 2.30. The number of carboxylic acid groups (broad SMARTS) is 1. The molecule has 0 saturated carbocycles. The first-order valence-corrected chi connectivity index (χ1v) is 12.3. The Morgan fingerprint density at radius 1 is 1.12 bits per heavy atom. The minimum absolute atomic E-state index is 0.0982. The zero-order chi connectivity index (χ0) is 24.5. The second-order valence-corrected chi connectivity index (χ2v) is 9.37. The van der Waals surface area contributed by atoms with E-state index < -0.39 is 5.97 Å². The Balaban J connectivity index is 1.60. The van der Waals surface area contributed by atoms with Crippen LogP contribution in [0.15, 0.2) is 58.8 Å². The molecule has 178 valence electrons. The van der Waals surface area contributed by atoms with Crippen LogP contribution in [0.2, 0.25) is 0 Å². The summed E-state index contributed by atoms with van der Waals surface area (Å²) in [5.41, 5.74) is 2.26. The van der Waals surface area contributed by atoms with Gasteiger partial charge >= 0.3 is 5.97 Å². The summed E-state index contributed by atoms with van der Waals surface area (Å²) in [4.78, 5) is 40.7. The number of carboxylic acids is 1. The van der Waals surface area contributed by atoms with Crippen molar-refractivity contribution in [3.8, 4) is 17.0 Å². The van der Waals surface area contributed by atoms with Crippen molar-refractivity contribution in [2.75, 3.05) is 17.7 Å². The first-order valence-electron chi connectivity index (χ1n) is 10.6. The van der Waals surface area contributed by atoms with Gasteiger partial charge in [-0.05, 0) is 48.9 Å². The summed E-state index contributed by atoms with van der Waals surface area (Å²) in [6.45, 7) is 1.93. The van der Waals surface area contributed by atoms with E-state index in [0.717, 1.165) is 21.9 Å². The van der Waals surface area contributed by atoms with Crippen LogP contribution in [0.25, 0.3) is 11.3 Å². The summed E-state index contributed by atoms with van der Waals surface area (Å²) in [5.74, 6) is -0.781. The zero-order valence-corrected chi connectivity index (χ0v) is 20.4. The van der Waals surface area contributed by atoms with Gasteiger partial charge in [-0.25, -0.2) is 4.98 Å². The number of aliphatic carboxylic acids is 1. The van der Waals surface area contributed by atoms with Gasteiger partial charge in [-0.3, -0.25) is 14.4 Å². The second-order valence-electron chi connectivity index (χ2n) is 7.24. The number of hydrogen-bond donors (Lipinski definition) is 3. The molecule has 0 spiro atoms. The Hall–Kier alpha value is -3.37. The largest absolute Gasteiger partial charge is 0.497 e. The fourth-order valence-electron chi connectivity index (χ4n) is 2.99. The Labute approximate surface area is 205 Å². The predicted octanol–water partition coefficient (Wildman–Crippen LogP) is 5.13. The molecule has 34 heavy (non-hydrogen) atoms. The van der Waals surface area contributed by atoms with Crippen molar-refractivity contribution in [2.24, 2.45) is 0 Å². The Morgan fingerprint density at radius 2 is 1.88 bits per heavy atom. The van der Waals surface area contributed by atoms with Crippen LogP contribution >= 0.6 is 23.1 Å². The molecule has 0 saturated heterocycles. The molecule has 8 nitrogen and oxygen atoms in total. The number of ether oxygens (including phenoxy) is 1.